The molecule has 2 aromatic rings. The molecule has 1 unspecified atom stereocenters. The first-order valence-corrected chi connectivity index (χ1v) is 9.50. The molecular formula is C23H27NO6. The minimum atomic E-state index is -1.71. The quantitative estimate of drug-likeness (QED) is 0.524. The smallest absolute Gasteiger partial charge is 0.408 e. The number of methoxy groups -OCH3 is 1. The summed E-state index contributed by atoms with van der Waals surface area (Å²) in [4.78, 5) is 36.4. The Hall–Kier alpha value is -3.35. The predicted molar refractivity (Wildman–Crippen MR) is 111 cm³/mol. The summed E-state index contributed by atoms with van der Waals surface area (Å²) >= 11 is 0. The van der Waals surface area contributed by atoms with Crippen LogP contribution in [0.2, 0.25) is 0 Å². The fourth-order valence-corrected chi connectivity index (χ4v) is 2.85. The molecule has 0 saturated carbocycles. The first kappa shape index (κ1) is 22.9. The van der Waals surface area contributed by atoms with Crippen molar-refractivity contribution in [2.75, 3.05) is 7.11 Å². The molecule has 7 nitrogen and oxygen atoms in total. The molecule has 0 bridgehead atoms. The number of aldehydes is 1. The van der Waals surface area contributed by atoms with E-state index in [0.717, 1.165) is 5.56 Å². The van der Waals surface area contributed by atoms with Crippen molar-refractivity contribution in [2.24, 2.45) is 0 Å². The van der Waals surface area contributed by atoms with Crippen molar-refractivity contribution in [3.05, 3.63) is 65.7 Å². The summed E-state index contributed by atoms with van der Waals surface area (Å²) in [5.41, 5.74) is -1.10. The van der Waals surface area contributed by atoms with Crippen LogP contribution in [0.25, 0.3) is 0 Å². The molecule has 2 rings (SSSR count). The van der Waals surface area contributed by atoms with Gasteiger partial charge < -0.3 is 24.3 Å². The number of ether oxygens (including phenoxy) is 3. The van der Waals surface area contributed by atoms with Crippen LogP contribution >= 0.6 is 0 Å². The van der Waals surface area contributed by atoms with Crippen LogP contribution in [0.1, 0.15) is 38.3 Å². The lowest BCUT2D eigenvalue weighted by molar-refractivity contribution is -0.150. The van der Waals surface area contributed by atoms with Gasteiger partial charge in [0.1, 0.15) is 24.2 Å². The Balaban J connectivity index is 2.27. The van der Waals surface area contributed by atoms with Crippen molar-refractivity contribution in [3.63, 3.8) is 0 Å². The van der Waals surface area contributed by atoms with Crippen molar-refractivity contribution < 1.29 is 28.6 Å². The Morgan fingerprint density at radius 3 is 2.17 bits per heavy atom. The molecule has 0 aliphatic heterocycles. The number of alkyl carbamates (subject to hydrolysis) is 1. The standard InChI is InChI=1S/C23H27NO6/c1-22(2,3)30-21(27)24-23(14-15-25,20(26)28-4)18-10-12-19(13-11-18)29-16-17-8-6-5-7-9-17/h5-13,15H,14,16H2,1-4H3,(H,24,27). The van der Waals surface area contributed by atoms with Crippen LogP contribution in [0.3, 0.4) is 0 Å². The first-order valence-electron chi connectivity index (χ1n) is 9.50. The summed E-state index contributed by atoms with van der Waals surface area (Å²) in [5.74, 6) is -0.205. The molecule has 30 heavy (non-hydrogen) atoms. The van der Waals surface area contributed by atoms with Crippen LogP contribution in [0.4, 0.5) is 4.79 Å². The zero-order valence-electron chi connectivity index (χ0n) is 17.6. The van der Waals surface area contributed by atoms with E-state index in [1.54, 1.807) is 45.0 Å². The van der Waals surface area contributed by atoms with Gasteiger partial charge in [0.05, 0.1) is 7.11 Å². The number of carbonyl (C=O) groups excluding carboxylic acids is 3. The second kappa shape index (κ2) is 9.91. The van der Waals surface area contributed by atoms with Gasteiger partial charge in [-0.2, -0.15) is 0 Å². The Kier molecular flexibility index (Phi) is 7.58. The van der Waals surface area contributed by atoms with E-state index in [1.807, 2.05) is 30.3 Å². The van der Waals surface area contributed by atoms with Gasteiger partial charge in [0, 0.05) is 6.42 Å². The molecule has 0 fully saturated rings. The molecule has 0 saturated heterocycles. The fraction of sp³-hybridized carbons (Fsp3) is 0.348. The lowest BCUT2D eigenvalue weighted by Gasteiger charge is -2.32. The van der Waals surface area contributed by atoms with Crippen molar-refractivity contribution >= 4 is 18.3 Å². The van der Waals surface area contributed by atoms with Gasteiger partial charge in [0.25, 0.3) is 0 Å². The number of amides is 1. The monoisotopic (exact) mass is 413 g/mol. The molecular weight excluding hydrogens is 386 g/mol. The highest BCUT2D eigenvalue weighted by atomic mass is 16.6. The molecule has 160 valence electrons. The lowest BCUT2D eigenvalue weighted by atomic mass is 9.87. The van der Waals surface area contributed by atoms with Crippen molar-refractivity contribution in [1.82, 2.24) is 5.32 Å². The van der Waals surface area contributed by atoms with Crippen LogP contribution in [-0.2, 0) is 31.2 Å². The number of rotatable bonds is 8. The van der Waals surface area contributed by atoms with Gasteiger partial charge in [0.2, 0.25) is 0 Å². The van der Waals surface area contributed by atoms with Crippen LogP contribution in [0.5, 0.6) is 5.75 Å². The second-order valence-corrected chi connectivity index (χ2v) is 7.69. The van der Waals surface area contributed by atoms with Gasteiger partial charge in [-0.15, -0.1) is 0 Å². The van der Waals surface area contributed by atoms with E-state index in [9.17, 15) is 14.4 Å². The SMILES string of the molecule is COC(=O)C(CC=O)(NC(=O)OC(C)(C)C)c1ccc(OCc2ccccc2)cc1. The zero-order valence-corrected chi connectivity index (χ0v) is 17.6. The number of benzene rings is 2. The third-order valence-electron chi connectivity index (χ3n) is 4.23. The van der Waals surface area contributed by atoms with Gasteiger partial charge in [-0.3, -0.25) is 0 Å². The molecule has 0 aromatic heterocycles. The van der Waals surface area contributed by atoms with Crippen molar-refractivity contribution in [1.29, 1.82) is 0 Å². The summed E-state index contributed by atoms with van der Waals surface area (Å²) in [7, 11) is 1.19. The van der Waals surface area contributed by atoms with E-state index in [0.29, 0.717) is 24.2 Å². The first-order chi connectivity index (χ1) is 14.2. The van der Waals surface area contributed by atoms with E-state index in [2.05, 4.69) is 5.32 Å². The van der Waals surface area contributed by atoms with E-state index in [4.69, 9.17) is 14.2 Å². The lowest BCUT2D eigenvalue weighted by Crippen LogP contribution is -2.53. The summed E-state index contributed by atoms with van der Waals surface area (Å²) in [6, 6.07) is 16.2. The molecule has 0 radical (unpaired) electrons. The van der Waals surface area contributed by atoms with Gasteiger partial charge in [-0.1, -0.05) is 42.5 Å². The Morgan fingerprint density at radius 1 is 1.00 bits per heavy atom. The average Bonchev–Trinajstić information content (AvgIpc) is 2.71. The summed E-state index contributed by atoms with van der Waals surface area (Å²) in [6.45, 7) is 5.48. The normalized spacial score (nSPS) is 12.9. The Labute approximate surface area is 176 Å². The van der Waals surface area contributed by atoms with Crippen LogP contribution < -0.4 is 10.1 Å². The molecule has 2 aromatic carbocycles. The number of hydrogen-bond acceptors (Lipinski definition) is 6. The van der Waals surface area contributed by atoms with E-state index in [-0.39, 0.29) is 6.42 Å². The van der Waals surface area contributed by atoms with Gasteiger partial charge in [0.15, 0.2) is 5.54 Å². The summed E-state index contributed by atoms with van der Waals surface area (Å²) in [6.07, 6.45) is -0.601. The molecule has 0 aliphatic rings. The second-order valence-electron chi connectivity index (χ2n) is 7.69. The van der Waals surface area contributed by atoms with Gasteiger partial charge >= 0.3 is 12.1 Å². The maximum Gasteiger partial charge on any atom is 0.408 e. The maximum atomic E-state index is 12.6. The number of hydrogen-bond donors (Lipinski definition) is 1. The fourth-order valence-electron chi connectivity index (χ4n) is 2.85. The average molecular weight is 413 g/mol. The third-order valence-corrected chi connectivity index (χ3v) is 4.23. The largest absolute Gasteiger partial charge is 0.489 e. The number of carbonyl (C=O) groups is 3. The highest BCUT2D eigenvalue weighted by Gasteiger charge is 2.44. The highest BCUT2D eigenvalue weighted by molar-refractivity contribution is 5.89. The molecule has 0 heterocycles. The van der Waals surface area contributed by atoms with E-state index < -0.39 is 23.2 Å². The van der Waals surface area contributed by atoms with Crippen LogP contribution in [0.15, 0.2) is 54.6 Å². The number of nitrogens with one attached hydrogen (secondary N) is 1. The van der Waals surface area contributed by atoms with Gasteiger partial charge in [-0.05, 0) is 44.0 Å². The Morgan fingerprint density at radius 2 is 1.63 bits per heavy atom. The molecule has 1 N–H and O–H groups in total. The van der Waals surface area contributed by atoms with Crippen LogP contribution in [-0.4, -0.2) is 31.1 Å². The van der Waals surface area contributed by atoms with E-state index >= 15 is 0 Å². The minimum Gasteiger partial charge on any atom is -0.489 e. The molecule has 0 aliphatic carbocycles. The van der Waals surface area contributed by atoms with Gasteiger partial charge in [-0.25, -0.2) is 9.59 Å². The zero-order chi connectivity index (χ0) is 22.2. The predicted octanol–water partition coefficient (Wildman–Crippen LogP) is 3.75. The highest BCUT2D eigenvalue weighted by Crippen LogP contribution is 2.29. The summed E-state index contributed by atoms with van der Waals surface area (Å²) in [5, 5.41) is 2.52. The van der Waals surface area contributed by atoms with E-state index in [1.165, 1.54) is 7.11 Å². The van der Waals surface area contributed by atoms with Crippen molar-refractivity contribution in [2.45, 2.75) is 44.9 Å². The van der Waals surface area contributed by atoms with Crippen LogP contribution in [0, 0.1) is 0 Å². The van der Waals surface area contributed by atoms with Crippen molar-refractivity contribution in [3.8, 4) is 5.75 Å². The molecule has 1 amide bonds. The molecule has 7 heteroatoms. The maximum absolute atomic E-state index is 12.6. The number of esters is 1. The molecule has 0 spiro atoms. The topological polar surface area (TPSA) is 90.9 Å². The minimum absolute atomic E-state index is 0.316. The third kappa shape index (κ3) is 6.07. The summed E-state index contributed by atoms with van der Waals surface area (Å²) < 4.78 is 15.9. The Bertz CT molecular complexity index is 858. The molecule has 1 atom stereocenters.